The Morgan fingerprint density at radius 1 is 1.59 bits per heavy atom. The first-order chi connectivity index (χ1) is 7.90. The molecule has 17 heavy (non-hydrogen) atoms. The third-order valence-electron chi connectivity index (χ3n) is 3.06. The average Bonchev–Trinajstić information content (AvgIpc) is 2.68. The van der Waals surface area contributed by atoms with E-state index in [1.54, 1.807) is 6.92 Å². The standard InChI is InChI=1S/C12H19NO4/c1-5-10(14)8(4)11(15)13-9(7(2)3)6-17-12(13)16/h5,7-10,14H,1,6H2,2-4H3/t8-,9-,10-/m1/s1. The molecule has 0 aromatic rings. The summed E-state index contributed by atoms with van der Waals surface area (Å²) in [7, 11) is 0. The topological polar surface area (TPSA) is 66.8 Å². The Morgan fingerprint density at radius 2 is 2.18 bits per heavy atom. The molecule has 5 heteroatoms. The van der Waals surface area contributed by atoms with Gasteiger partial charge in [0.25, 0.3) is 0 Å². The molecule has 1 heterocycles. The third-order valence-corrected chi connectivity index (χ3v) is 3.06. The first-order valence-corrected chi connectivity index (χ1v) is 5.70. The maximum atomic E-state index is 12.1. The summed E-state index contributed by atoms with van der Waals surface area (Å²) in [6.07, 6.45) is -0.297. The van der Waals surface area contributed by atoms with E-state index >= 15 is 0 Å². The summed E-state index contributed by atoms with van der Waals surface area (Å²) in [4.78, 5) is 24.7. The number of nitrogens with zero attached hydrogens (tertiary/aromatic N) is 1. The van der Waals surface area contributed by atoms with E-state index in [2.05, 4.69) is 6.58 Å². The van der Waals surface area contributed by atoms with E-state index in [9.17, 15) is 14.7 Å². The molecule has 0 spiro atoms. The molecule has 1 rings (SSSR count). The van der Waals surface area contributed by atoms with Crippen LogP contribution in [-0.2, 0) is 9.53 Å². The Bertz CT molecular complexity index is 326. The van der Waals surface area contributed by atoms with E-state index in [1.165, 1.54) is 6.08 Å². The highest BCUT2D eigenvalue weighted by Crippen LogP contribution is 2.22. The molecule has 0 aromatic heterocycles. The predicted octanol–water partition coefficient (Wildman–Crippen LogP) is 1.17. The van der Waals surface area contributed by atoms with Crippen molar-refractivity contribution < 1.29 is 19.4 Å². The summed E-state index contributed by atoms with van der Waals surface area (Å²) < 4.78 is 4.88. The second-order valence-corrected chi connectivity index (χ2v) is 4.61. The number of rotatable bonds is 4. The number of carbonyl (C=O) groups is 2. The fraction of sp³-hybridized carbons (Fsp3) is 0.667. The third kappa shape index (κ3) is 2.66. The first-order valence-electron chi connectivity index (χ1n) is 5.70. The maximum Gasteiger partial charge on any atom is 0.416 e. The molecule has 5 nitrogen and oxygen atoms in total. The SMILES string of the molecule is C=C[C@@H](O)[C@@H](C)C(=O)N1C(=O)OC[C@@H]1C(C)C. The van der Waals surface area contributed by atoms with Crippen LogP contribution < -0.4 is 0 Å². The Kier molecular flexibility index (Phi) is 4.28. The van der Waals surface area contributed by atoms with Crippen LogP contribution >= 0.6 is 0 Å². The van der Waals surface area contributed by atoms with Gasteiger partial charge in [-0.05, 0) is 5.92 Å². The summed E-state index contributed by atoms with van der Waals surface area (Å²) in [6.45, 7) is 9.05. The maximum absolute atomic E-state index is 12.1. The lowest BCUT2D eigenvalue weighted by Crippen LogP contribution is -2.46. The molecule has 1 fully saturated rings. The van der Waals surface area contributed by atoms with Gasteiger partial charge in [0.2, 0.25) is 5.91 Å². The molecule has 0 aliphatic carbocycles. The van der Waals surface area contributed by atoms with Crippen LogP contribution in [0.2, 0.25) is 0 Å². The molecule has 0 unspecified atom stereocenters. The second-order valence-electron chi connectivity index (χ2n) is 4.61. The molecular weight excluding hydrogens is 222 g/mol. The van der Waals surface area contributed by atoms with Gasteiger partial charge in [-0.1, -0.05) is 26.8 Å². The number of aliphatic hydroxyl groups excluding tert-OH is 1. The molecule has 2 amide bonds. The molecule has 1 aliphatic heterocycles. The van der Waals surface area contributed by atoms with Crippen LogP contribution in [0, 0.1) is 11.8 Å². The number of amides is 2. The van der Waals surface area contributed by atoms with Crippen molar-refractivity contribution in [2.24, 2.45) is 11.8 Å². The monoisotopic (exact) mass is 241 g/mol. The fourth-order valence-corrected chi connectivity index (χ4v) is 1.75. The molecular formula is C12H19NO4. The van der Waals surface area contributed by atoms with Crippen LogP contribution in [0.25, 0.3) is 0 Å². The summed E-state index contributed by atoms with van der Waals surface area (Å²) >= 11 is 0. The van der Waals surface area contributed by atoms with Crippen molar-refractivity contribution in [3.05, 3.63) is 12.7 Å². The van der Waals surface area contributed by atoms with Gasteiger partial charge in [0.15, 0.2) is 0 Å². The summed E-state index contributed by atoms with van der Waals surface area (Å²) in [5.41, 5.74) is 0. The normalized spacial score (nSPS) is 23.5. The highest BCUT2D eigenvalue weighted by atomic mass is 16.6. The molecule has 0 radical (unpaired) electrons. The van der Waals surface area contributed by atoms with Gasteiger partial charge in [-0.2, -0.15) is 0 Å². The molecule has 0 aromatic carbocycles. The Hall–Kier alpha value is -1.36. The van der Waals surface area contributed by atoms with Gasteiger partial charge < -0.3 is 9.84 Å². The number of carbonyl (C=O) groups excluding carboxylic acids is 2. The van der Waals surface area contributed by atoms with Crippen LogP contribution in [0.3, 0.4) is 0 Å². The van der Waals surface area contributed by atoms with Crippen molar-refractivity contribution in [2.45, 2.75) is 32.9 Å². The zero-order valence-electron chi connectivity index (χ0n) is 10.4. The van der Waals surface area contributed by atoms with Crippen LogP contribution in [-0.4, -0.2) is 40.8 Å². The molecule has 1 saturated heterocycles. The Labute approximate surface area is 101 Å². The molecule has 3 atom stereocenters. The Morgan fingerprint density at radius 3 is 2.65 bits per heavy atom. The lowest BCUT2D eigenvalue weighted by Gasteiger charge is -2.26. The molecule has 0 saturated carbocycles. The lowest BCUT2D eigenvalue weighted by atomic mass is 9.99. The average molecular weight is 241 g/mol. The van der Waals surface area contributed by atoms with Gasteiger partial charge in [0, 0.05) is 0 Å². The van der Waals surface area contributed by atoms with E-state index < -0.39 is 24.0 Å². The molecule has 0 bridgehead atoms. The van der Waals surface area contributed by atoms with Gasteiger partial charge in [-0.25, -0.2) is 9.69 Å². The minimum atomic E-state index is -0.955. The van der Waals surface area contributed by atoms with E-state index in [4.69, 9.17) is 4.74 Å². The van der Waals surface area contributed by atoms with E-state index in [0.717, 1.165) is 4.90 Å². The first kappa shape index (κ1) is 13.7. The van der Waals surface area contributed by atoms with Crippen LogP contribution in [0.4, 0.5) is 4.79 Å². The van der Waals surface area contributed by atoms with E-state index in [-0.39, 0.29) is 18.6 Å². The predicted molar refractivity (Wildman–Crippen MR) is 62.2 cm³/mol. The number of aliphatic hydroxyl groups is 1. The van der Waals surface area contributed by atoms with Crippen molar-refractivity contribution >= 4 is 12.0 Å². The molecule has 96 valence electrons. The fourth-order valence-electron chi connectivity index (χ4n) is 1.75. The largest absolute Gasteiger partial charge is 0.447 e. The van der Waals surface area contributed by atoms with Gasteiger partial charge in [0.1, 0.15) is 6.61 Å². The lowest BCUT2D eigenvalue weighted by molar-refractivity contribution is -0.136. The zero-order valence-corrected chi connectivity index (χ0v) is 10.4. The quantitative estimate of drug-likeness (QED) is 0.750. The van der Waals surface area contributed by atoms with Crippen molar-refractivity contribution in [3.8, 4) is 0 Å². The number of hydrogen-bond donors (Lipinski definition) is 1. The van der Waals surface area contributed by atoms with Crippen molar-refractivity contribution in [1.29, 1.82) is 0 Å². The van der Waals surface area contributed by atoms with Gasteiger partial charge in [-0.3, -0.25) is 4.79 Å². The van der Waals surface area contributed by atoms with Gasteiger partial charge >= 0.3 is 6.09 Å². The highest BCUT2D eigenvalue weighted by molar-refractivity contribution is 5.95. The Balaban J connectivity index is 2.85. The number of cyclic esters (lactones) is 1. The van der Waals surface area contributed by atoms with E-state index in [1.807, 2.05) is 13.8 Å². The smallest absolute Gasteiger partial charge is 0.416 e. The number of ether oxygens (including phenoxy) is 1. The van der Waals surface area contributed by atoms with Crippen molar-refractivity contribution in [3.63, 3.8) is 0 Å². The number of imide groups is 1. The zero-order chi connectivity index (χ0) is 13.2. The summed E-state index contributed by atoms with van der Waals surface area (Å²) in [5, 5.41) is 9.55. The highest BCUT2D eigenvalue weighted by Gasteiger charge is 2.42. The minimum absolute atomic E-state index is 0.124. The summed E-state index contributed by atoms with van der Waals surface area (Å²) in [6, 6.07) is -0.255. The second kappa shape index (κ2) is 5.31. The molecule has 1 N–H and O–H groups in total. The van der Waals surface area contributed by atoms with Gasteiger partial charge in [0.05, 0.1) is 18.1 Å². The van der Waals surface area contributed by atoms with E-state index in [0.29, 0.717) is 0 Å². The van der Waals surface area contributed by atoms with Crippen LogP contribution in [0.5, 0.6) is 0 Å². The van der Waals surface area contributed by atoms with Crippen LogP contribution in [0.15, 0.2) is 12.7 Å². The minimum Gasteiger partial charge on any atom is -0.447 e. The number of hydrogen-bond acceptors (Lipinski definition) is 4. The molecule has 1 aliphatic rings. The van der Waals surface area contributed by atoms with Crippen molar-refractivity contribution in [1.82, 2.24) is 4.90 Å². The summed E-state index contributed by atoms with van der Waals surface area (Å²) in [5.74, 6) is -0.989. The van der Waals surface area contributed by atoms with Gasteiger partial charge in [-0.15, -0.1) is 6.58 Å². The van der Waals surface area contributed by atoms with Crippen molar-refractivity contribution in [2.75, 3.05) is 6.61 Å². The van der Waals surface area contributed by atoms with Crippen LogP contribution in [0.1, 0.15) is 20.8 Å².